The Morgan fingerprint density at radius 3 is 2.41 bits per heavy atom. The number of fused-ring (bicyclic) bond motifs is 1. The fourth-order valence-electron chi connectivity index (χ4n) is 5.60. The first kappa shape index (κ1) is 32.1. The summed E-state index contributed by atoms with van der Waals surface area (Å²) in [6, 6.07) is 13.2. The molecule has 244 valence electrons. The topological polar surface area (TPSA) is 123 Å². The highest BCUT2D eigenvalue weighted by atomic mass is 32.2. The normalized spacial score (nSPS) is 17.3. The van der Waals surface area contributed by atoms with Crippen molar-refractivity contribution in [1.82, 2.24) is 14.3 Å². The number of imidazole rings is 1. The second-order valence-corrected chi connectivity index (χ2v) is 20.4. The van der Waals surface area contributed by atoms with Crippen LogP contribution in [0.25, 0.3) is 22.2 Å². The molecule has 10 nitrogen and oxygen atoms in total. The van der Waals surface area contributed by atoms with Crippen molar-refractivity contribution < 1.29 is 36.6 Å². The summed E-state index contributed by atoms with van der Waals surface area (Å²) in [4.78, 5) is 16.3. The van der Waals surface area contributed by atoms with Gasteiger partial charge in [-0.3, -0.25) is 9.36 Å². The Morgan fingerprint density at radius 2 is 1.80 bits per heavy atom. The molecule has 1 aliphatic heterocycles. The lowest BCUT2D eigenvalue weighted by atomic mass is 9.75. The number of hydrogen-bond donors (Lipinski definition) is 2. The van der Waals surface area contributed by atoms with Crippen LogP contribution in [-0.4, -0.2) is 50.2 Å². The van der Waals surface area contributed by atoms with Gasteiger partial charge < -0.3 is 14.6 Å². The Balaban J connectivity index is 1.39. The molecule has 2 heterocycles. The summed E-state index contributed by atoms with van der Waals surface area (Å²) in [7, 11) is -5.50. The number of anilines is 1. The number of benzene rings is 3. The van der Waals surface area contributed by atoms with Crippen LogP contribution in [0.3, 0.4) is 0 Å². The molecule has 2 N–H and O–H groups in total. The van der Waals surface area contributed by atoms with Gasteiger partial charge in [0.2, 0.25) is 0 Å². The van der Waals surface area contributed by atoms with Crippen LogP contribution in [-0.2, 0) is 32.1 Å². The number of aryl methyl sites for hydroxylation is 1. The quantitative estimate of drug-likeness (QED) is 0.158. The summed E-state index contributed by atoms with van der Waals surface area (Å²) in [5.74, 6) is -2.18. The first-order valence-corrected chi connectivity index (χ1v) is 20.2. The number of rotatable bonds is 10. The fourth-order valence-corrected chi connectivity index (χ4v) is 7.57. The van der Waals surface area contributed by atoms with E-state index >= 15 is 8.78 Å². The molecule has 0 atom stereocenters. The van der Waals surface area contributed by atoms with Gasteiger partial charge in [-0.2, -0.15) is 13.4 Å². The van der Waals surface area contributed by atoms with E-state index in [0.29, 0.717) is 36.1 Å². The number of amides is 1. The highest BCUT2D eigenvalue weighted by Gasteiger charge is 2.37. The molecule has 14 heteroatoms. The van der Waals surface area contributed by atoms with Gasteiger partial charge >= 0.3 is 16.2 Å². The molecule has 1 saturated heterocycles. The highest BCUT2D eigenvalue weighted by Crippen LogP contribution is 2.42. The summed E-state index contributed by atoms with van der Waals surface area (Å²) in [6.07, 6.45) is 2.21. The number of halogens is 2. The van der Waals surface area contributed by atoms with Gasteiger partial charge in [-0.25, -0.2) is 17.8 Å². The van der Waals surface area contributed by atoms with Gasteiger partial charge in [0.1, 0.15) is 30.4 Å². The van der Waals surface area contributed by atoms with E-state index < -0.39 is 41.4 Å². The van der Waals surface area contributed by atoms with Gasteiger partial charge in [0.25, 0.3) is 5.91 Å². The summed E-state index contributed by atoms with van der Waals surface area (Å²) in [5, 5.41) is 10.7. The Kier molecular flexibility index (Phi) is 8.20. The molecular formula is C32H36F2N4O6SSi. The zero-order chi connectivity index (χ0) is 33.0. The van der Waals surface area contributed by atoms with Crippen LogP contribution in [0.1, 0.15) is 30.4 Å². The first-order valence-electron chi connectivity index (χ1n) is 15.1. The molecule has 2 aliphatic rings. The van der Waals surface area contributed by atoms with Crippen LogP contribution in [0.4, 0.5) is 14.5 Å². The number of aliphatic hydroxyl groups is 1. The predicted octanol–water partition coefficient (Wildman–Crippen LogP) is 5.95. The molecule has 2 fully saturated rings. The van der Waals surface area contributed by atoms with E-state index in [1.165, 1.54) is 16.7 Å². The lowest BCUT2D eigenvalue weighted by molar-refractivity contribution is -0.117. The van der Waals surface area contributed by atoms with E-state index in [2.05, 4.69) is 24.6 Å². The average molecular weight is 671 g/mol. The minimum Gasteiger partial charge on any atom is -0.425 e. The van der Waals surface area contributed by atoms with Crippen LogP contribution >= 0.6 is 0 Å². The van der Waals surface area contributed by atoms with E-state index in [-0.39, 0.29) is 47.3 Å². The zero-order valence-electron chi connectivity index (χ0n) is 26.1. The molecule has 1 aromatic heterocycles. The third-order valence-electron chi connectivity index (χ3n) is 8.49. The minimum absolute atomic E-state index is 0.0886. The molecule has 3 aromatic carbocycles. The molecule has 0 bridgehead atoms. The van der Waals surface area contributed by atoms with E-state index in [1.807, 2.05) is 4.72 Å². The third-order valence-corrected chi connectivity index (χ3v) is 11.6. The number of nitrogens with zero attached hydrogens (tertiary/aromatic N) is 3. The van der Waals surface area contributed by atoms with E-state index in [9.17, 15) is 18.3 Å². The number of hydrogen-bond acceptors (Lipinski definition) is 7. The zero-order valence-corrected chi connectivity index (χ0v) is 27.9. The number of ether oxygens (including phenoxy) is 2. The Labute approximate surface area is 267 Å². The number of nitrogens with one attached hydrogen (secondary N) is 1. The van der Waals surface area contributed by atoms with Crippen molar-refractivity contribution in [2.45, 2.75) is 64.2 Å². The van der Waals surface area contributed by atoms with Crippen molar-refractivity contribution in [3.8, 4) is 22.9 Å². The average Bonchev–Trinajstić information content (AvgIpc) is 3.44. The van der Waals surface area contributed by atoms with E-state index in [0.717, 1.165) is 16.8 Å². The molecule has 46 heavy (non-hydrogen) atoms. The van der Waals surface area contributed by atoms with Gasteiger partial charge in [0.15, 0.2) is 5.82 Å². The Hall–Kier alpha value is -3.85. The molecular weight excluding hydrogens is 635 g/mol. The maximum atomic E-state index is 16.2. The maximum Gasteiger partial charge on any atom is 0.326 e. The summed E-state index contributed by atoms with van der Waals surface area (Å²) in [5.41, 5.74) is 0.621. The van der Waals surface area contributed by atoms with Gasteiger partial charge in [-0.15, -0.1) is 0 Å². The largest absolute Gasteiger partial charge is 0.425 e. The number of carbonyl (C=O) groups is 1. The van der Waals surface area contributed by atoms with Gasteiger partial charge in [0, 0.05) is 26.8 Å². The molecule has 1 saturated carbocycles. The predicted molar refractivity (Wildman–Crippen MR) is 173 cm³/mol. The lowest BCUT2D eigenvalue weighted by Gasteiger charge is -2.37. The van der Waals surface area contributed by atoms with Crippen LogP contribution in [0.15, 0.2) is 48.5 Å². The van der Waals surface area contributed by atoms with Crippen molar-refractivity contribution in [3.05, 3.63) is 71.3 Å². The SMILES string of the molecule is Cc1ccc(Oc2nc3c(F)c(-c4ccc(C5(O)CCC5)cc4)c(F)cc3n2COCC[Si](C)(C)C)cc1N1CC(=O)NS1(=O)=O. The minimum atomic E-state index is -4.07. The molecule has 6 rings (SSSR count). The maximum absolute atomic E-state index is 16.2. The monoisotopic (exact) mass is 670 g/mol. The van der Waals surface area contributed by atoms with Crippen LogP contribution in [0, 0.1) is 18.6 Å². The molecule has 1 amide bonds. The van der Waals surface area contributed by atoms with Gasteiger partial charge in [-0.05, 0) is 55.0 Å². The van der Waals surface area contributed by atoms with Crippen LogP contribution in [0.5, 0.6) is 11.8 Å². The van der Waals surface area contributed by atoms with Crippen molar-refractivity contribution >= 4 is 40.9 Å². The lowest BCUT2D eigenvalue weighted by Crippen LogP contribution is -2.33. The Bertz CT molecular complexity index is 1940. The standard InChI is InChI=1S/C32H36F2N4O6SSi/c1-20-6-11-23(16-25(20)38-18-27(39)36-45(38,41)42)44-31-35-30-26(37(31)19-43-14-15-46(2,3)4)17-24(33)28(29(30)34)21-7-9-22(10-8-21)32(40)12-5-13-32/h6-11,16-17,40H,5,12-15,18-19H2,1-4H3,(H,36,39). The summed E-state index contributed by atoms with van der Waals surface area (Å²) < 4.78 is 73.3. The molecule has 0 unspecified atom stereocenters. The first-order chi connectivity index (χ1) is 21.6. The van der Waals surface area contributed by atoms with E-state index in [1.54, 1.807) is 43.3 Å². The molecule has 0 radical (unpaired) electrons. The molecule has 0 spiro atoms. The van der Waals surface area contributed by atoms with Crippen molar-refractivity contribution in [3.63, 3.8) is 0 Å². The second-order valence-electron chi connectivity index (χ2n) is 13.1. The van der Waals surface area contributed by atoms with Crippen LogP contribution in [0.2, 0.25) is 25.7 Å². The second kappa shape index (κ2) is 11.7. The van der Waals surface area contributed by atoms with Crippen molar-refractivity contribution in [2.24, 2.45) is 0 Å². The summed E-state index contributed by atoms with van der Waals surface area (Å²) >= 11 is 0. The third kappa shape index (κ3) is 6.13. The van der Waals surface area contributed by atoms with Crippen molar-refractivity contribution in [2.75, 3.05) is 17.5 Å². The summed E-state index contributed by atoms with van der Waals surface area (Å²) in [6.45, 7) is 8.27. The Morgan fingerprint density at radius 1 is 1.09 bits per heavy atom. The van der Waals surface area contributed by atoms with Gasteiger partial charge in [-0.1, -0.05) is 50.0 Å². The fraction of sp³-hybridized carbons (Fsp3) is 0.375. The number of carbonyl (C=O) groups excluding carboxylic acids is 1. The number of aromatic nitrogens is 2. The van der Waals surface area contributed by atoms with Crippen molar-refractivity contribution in [1.29, 1.82) is 0 Å². The smallest absolute Gasteiger partial charge is 0.326 e. The molecule has 4 aromatic rings. The van der Waals surface area contributed by atoms with E-state index in [4.69, 9.17) is 9.47 Å². The molecule has 1 aliphatic carbocycles. The highest BCUT2D eigenvalue weighted by molar-refractivity contribution is 7.92. The van der Waals surface area contributed by atoms with Gasteiger partial charge in [0.05, 0.1) is 22.4 Å². The van der Waals surface area contributed by atoms with Crippen LogP contribution < -0.4 is 13.8 Å².